The molecule has 0 fully saturated rings. The lowest BCUT2D eigenvalue weighted by Gasteiger charge is -2.16. The minimum Gasteiger partial charge on any atom is -0.345 e. The normalized spacial score (nSPS) is 11.5. The Kier molecular flexibility index (Phi) is 5.81. The molecule has 3 rings (SSSR count). The monoisotopic (exact) mass is 395 g/mol. The second-order valence-electron chi connectivity index (χ2n) is 6.02. The maximum Gasteiger partial charge on any atom is 0.269 e. The lowest BCUT2D eigenvalue weighted by atomic mass is 10.1. The summed E-state index contributed by atoms with van der Waals surface area (Å²) in [7, 11) is 0. The van der Waals surface area contributed by atoms with Crippen LogP contribution in [0, 0.1) is 10.1 Å². The van der Waals surface area contributed by atoms with E-state index in [0.29, 0.717) is 21.7 Å². The summed E-state index contributed by atoms with van der Waals surface area (Å²) in [6.45, 7) is 1.74. The molecule has 3 aromatic rings. The predicted octanol–water partition coefficient (Wildman–Crippen LogP) is 4.40. The molecule has 8 heteroatoms. The molecule has 0 spiro atoms. The van der Waals surface area contributed by atoms with E-state index in [-0.39, 0.29) is 17.5 Å². The van der Waals surface area contributed by atoms with Gasteiger partial charge in [0.2, 0.25) is 0 Å². The third kappa shape index (κ3) is 4.41. The van der Waals surface area contributed by atoms with Crippen LogP contribution in [0.1, 0.15) is 38.6 Å². The first-order valence-electron chi connectivity index (χ1n) is 8.45. The molecule has 1 atom stereocenters. The molecule has 7 nitrogen and oxygen atoms in total. The molecule has 1 unspecified atom stereocenters. The van der Waals surface area contributed by atoms with Crippen LogP contribution < -0.4 is 10.6 Å². The summed E-state index contributed by atoms with van der Waals surface area (Å²) in [5.41, 5.74) is 1.28. The smallest absolute Gasteiger partial charge is 0.269 e. The number of rotatable bonds is 6. The van der Waals surface area contributed by atoms with Gasteiger partial charge in [-0.3, -0.25) is 19.7 Å². The fraction of sp³-hybridized carbons (Fsp3) is 0.100. The maximum atomic E-state index is 12.7. The van der Waals surface area contributed by atoms with Crippen molar-refractivity contribution in [3.05, 3.63) is 92.2 Å². The Hall–Kier alpha value is -3.52. The second-order valence-corrected chi connectivity index (χ2v) is 6.97. The third-order valence-electron chi connectivity index (χ3n) is 4.09. The van der Waals surface area contributed by atoms with Crippen molar-refractivity contribution in [3.8, 4) is 0 Å². The van der Waals surface area contributed by atoms with Crippen LogP contribution in [0.15, 0.2) is 66.0 Å². The zero-order valence-corrected chi connectivity index (χ0v) is 15.7. The Morgan fingerprint density at radius 3 is 2.54 bits per heavy atom. The number of nitro groups is 1. The highest BCUT2D eigenvalue weighted by Gasteiger charge is 2.18. The van der Waals surface area contributed by atoms with E-state index in [0.717, 1.165) is 0 Å². The number of hydrogen-bond acceptors (Lipinski definition) is 5. The largest absolute Gasteiger partial charge is 0.345 e. The predicted molar refractivity (Wildman–Crippen MR) is 108 cm³/mol. The molecule has 0 aliphatic rings. The molecule has 0 aliphatic heterocycles. The summed E-state index contributed by atoms with van der Waals surface area (Å²) in [5.74, 6) is -0.678. The van der Waals surface area contributed by atoms with Gasteiger partial charge in [-0.1, -0.05) is 30.3 Å². The average Bonchev–Trinajstić information content (AvgIpc) is 3.23. The van der Waals surface area contributed by atoms with Gasteiger partial charge in [-0.25, -0.2) is 0 Å². The van der Waals surface area contributed by atoms with Crippen LogP contribution in [0.2, 0.25) is 0 Å². The molecular weight excluding hydrogens is 378 g/mol. The standard InChI is InChI=1S/C20H17N3O4S/c1-13(14-6-4-7-15(12-14)23(26)27)21-19(24)16-8-2-3-9-17(16)22-20(25)18-10-5-11-28-18/h2-13H,1H3,(H,21,24)(H,22,25). The van der Waals surface area contributed by atoms with Gasteiger partial charge in [-0.05, 0) is 36.1 Å². The summed E-state index contributed by atoms with van der Waals surface area (Å²) in [6, 6.07) is 15.8. The third-order valence-corrected chi connectivity index (χ3v) is 4.96. The Morgan fingerprint density at radius 1 is 1.04 bits per heavy atom. The van der Waals surface area contributed by atoms with Crippen LogP contribution in [0.25, 0.3) is 0 Å². The Bertz CT molecular complexity index is 1020. The van der Waals surface area contributed by atoms with E-state index in [9.17, 15) is 19.7 Å². The molecule has 2 aromatic carbocycles. The van der Waals surface area contributed by atoms with E-state index >= 15 is 0 Å². The van der Waals surface area contributed by atoms with Crippen molar-refractivity contribution in [2.24, 2.45) is 0 Å². The minimum atomic E-state index is -0.479. The fourth-order valence-electron chi connectivity index (χ4n) is 2.65. The van der Waals surface area contributed by atoms with Gasteiger partial charge < -0.3 is 10.6 Å². The van der Waals surface area contributed by atoms with E-state index in [1.807, 2.05) is 0 Å². The first-order chi connectivity index (χ1) is 13.5. The van der Waals surface area contributed by atoms with E-state index in [2.05, 4.69) is 10.6 Å². The van der Waals surface area contributed by atoms with Crippen LogP contribution in [-0.4, -0.2) is 16.7 Å². The molecule has 0 aliphatic carbocycles. The number of carbonyl (C=O) groups excluding carboxylic acids is 2. The number of benzene rings is 2. The van der Waals surface area contributed by atoms with Crippen molar-refractivity contribution in [2.45, 2.75) is 13.0 Å². The molecule has 2 N–H and O–H groups in total. The van der Waals surface area contributed by atoms with Gasteiger partial charge in [0.1, 0.15) is 0 Å². The van der Waals surface area contributed by atoms with Crippen molar-refractivity contribution in [3.63, 3.8) is 0 Å². The number of amides is 2. The molecule has 1 heterocycles. The number of carbonyl (C=O) groups is 2. The first-order valence-corrected chi connectivity index (χ1v) is 9.33. The number of nitro benzene ring substituents is 1. The number of nitrogens with one attached hydrogen (secondary N) is 2. The Labute approximate surface area is 165 Å². The first kappa shape index (κ1) is 19.2. The summed E-state index contributed by atoms with van der Waals surface area (Å²) in [5, 5.41) is 18.3. The van der Waals surface area contributed by atoms with Gasteiger partial charge in [0, 0.05) is 12.1 Å². The fourth-order valence-corrected chi connectivity index (χ4v) is 3.27. The van der Waals surface area contributed by atoms with Crippen LogP contribution in [0.5, 0.6) is 0 Å². The number of hydrogen-bond donors (Lipinski definition) is 2. The van der Waals surface area contributed by atoms with Gasteiger partial charge >= 0.3 is 0 Å². The zero-order valence-electron chi connectivity index (χ0n) is 14.9. The summed E-state index contributed by atoms with van der Waals surface area (Å²) >= 11 is 1.31. The molecular formula is C20H17N3O4S. The minimum absolute atomic E-state index is 0.0396. The average molecular weight is 395 g/mol. The van der Waals surface area contributed by atoms with E-state index in [4.69, 9.17) is 0 Å². The topological polar surface area (TPSA) is 101 Å². The Balaban J connectivity index is 1.76. The summed E-state index contributed by atoms with van der Waals surface area (Å²) < 4.78 is 0. The number of thiophene rings is 1. The van der Waals surface area contributed by atoms with Crippen LogP contribution >= 0.6 is 11.3 Å². The van der Waals surface area contributed by atoms with Crippen molar-refractivity contribution < 1.29 is 14.5 Å². The molecule has 1 aromatic heterocycles. The molecule has 142 valence electrons. The Morgan fingerprint density at radius 2 is 1.82 bits per heavy atom. The van der Waals surface area contributed by atoms with Crippen LogP contribution in [-0.2, 0) is 0 Å². The number of nitrogens with zero attached hydrogens (tertiary/aromatic N) is 1. The van der Waals surface area contributed by atoms with Crippen molar-refractivity contribution in [1.29, 1.82) is 0 Å². The quantitative estimate of drug-likeness (QED) is 0.477. The number of anilines is 1. The van der Waals surface area contributed by atoms with E-state index < -0.39 is 11.0 Å². The molecule has 0 radical (unpaired) electrons. The maximum absolute atomic E-state index is 12.7. The van der Waals surface area contributed by atoms with Gasteiger partial charge in [-0.2, -0.15) is 0 Å². The lowest BCUT2D eigenvalue weighted by molar-refractivity contribution is -0.384. The molecule has 2 amide bonds. The van der Waals surface area contributed by atoms with Gasteiger partial charge in [-0.15, -0.1) is 11.3 Å². The van der Waals surface area contributed by atoms with E-state index in [1.54, 1.807) is 60.8 Å². The van der Waals surface area contributed by atoms with Gasteiger partial charge in [0.05, 0.1) is 27.1 Å². The van der Waals surface area contributed by atoms with Gasteiger partial charge in [0.15, 0.2) is 0 Å². The van der Waals surface area contributed by atoms with E-state index in [1.165, 1.54) is 23.5 Å². The van der Waals surface area contributed by atoms with Gasteiger partial charge in [0.25, 0.3) is 17.5 Å². The second kappa shape index (κ2) is 8.45. The van der Waals surface area contributed by atoms with Crippen molar-refractivity contribution >= 4 is 34.5 Å². The van der Waals surface area contributed by atoms with Crippen molar-refractivity contribution in [1.82, 2.24) is 5.32 Å². The highest BCUT2D eigenvalue weighted by atomic mass is 32.1. The molecule has 28 heavy (non-hydrogen) atoms. The lowest BCUT2D eigenvalue weighted by Crippen LogP contribution is -2.28. The van der Waals surface area contributed by atoms with Crippen LogP contribution in [0.4, 0.5) is 11.4 Å². The molecule has 0 saturated heterocycles. The zero-order chi connectivity index (χ0) is 20.1. The summed E-state index contributed by atoms with van der Waals surface area (Å²) in [6.07, 6.45) is 0. The number of non-ortho nitro benzene ring substituents is 1. The number of para-hydroxylation sites is 1. The highest BCUT2D eigenvalue weighted by Crippen LogP contribution is 2.22. The van der Waals surface area contributed by atoms with Crippen LogP contribution in [0.3, 0.4) is 0 Å². The SMILES string of the molecule is CC(NC(=O)c1ccccc1NC(=O)c1cccs1)c1cccc([N+](=O)[O-])c1. The summed E-state index contributed by atoms with van der Waals surface area (Å²) in [4.78, 5) is 36.0. The molecule has 0 bridgehead atoms. The van der Waals surface area contributed by atoms with Crippen molar-refractivity contribution in [2.75, 3.05) is 5.32 Å². The highest BCUT2D eigenvalue weighted by molar-refractivity contribution is 7.12. The molecule has 0 saturated carbocycles.